The van der Waals surface area contributed by atoms with Crippen molar-refractivity contribution in [1.29, 1.82) is 0 Å². The van der Waals surface area contributed by atoms with Crippen LogP contribution in [-0.4, -0.2) is 6.61 Å². The normalized spacial score (nSPS) is 10.5. The van der Waals surface area contributed by atoms with Crippen LogP contribution in [0.15, 0.2) is 18.2 Å². The Bertz CT molecular complexity index is 289. The third kappa shape index (κ3) is 2.31. The van der Waals surface area contributed by atoms with E-state index in [0.29, 0.717) is 12.0 Å². The maximum absolute atomic E-state index is 11.9. The molecule has 13 heavy (non-hydrogen) atoms. The molecule has 2 N–H and O–H groups in total. The number of aryl methyl sites for hydroxylation is 1. The zero-order valence-electron chi connectivity index (χ0n) is 7.26. The van der Waals surface area contributed by atoms with Crippen molar-refractivity contribution in [2.75, 3.05) is 5.73 Å². The molecule has 0 saturated heterocycles. The highest BCUT2D eigenvalue weighted by Gasteiger charge is 2.11. The number of hydrogen-bond acceptors (Lipinski definition) is 2. The number of benzene rings is 1. The Hall–Kier alpha value is -1.32. The SMILES string of the molecule is CCc1cccc(N)c1OC(F)F. The first kappa shape index (κ1) is 9.77. The summed E-state index contributed by atoms with van der Waals surface area (Å²) in [6.07, 6.45) is 0.618. The minimum atomic E-state index is -2.82. The highest BCUT2D eigenvalue weighted by Crippen LogP contribution is 2.28. The van der Waals surface area contributed by atoms with Crippen LogP contribution < -0.4 is 10.5 Å². The molecule has 0 atom stereocenters. The maximum atomic E-state index is 11.9. The van der Waals surface area contributed by atoms with Gasteiger partial charge < -0.3 is 10.5 Å². The van der Waals surface area contributed by atoms with Gasteiger partial charge in [-0.15, -0.1) is 0 Å². The molecule has 0 saturated carbocycles. The summed E-state index contributed by atoms with van der Waals surface area (Å²) in [5, 5.41) is 0. The van der Waals surface area contributed by atoms with Gasteiger partial charge in [0.1, 0.15) is 0 Å². The van der Waals surface area contributed by atoms with Crippen molar-refractivity contribution in [3.8, 4) is 5.75 Å². The number of para-hydroxylation sites is 1. The Balaban J connectivity index is 3.00. The van der Waals surface area contributed by atoms with E-state index >= 15 is 0 Å². The molecule has 0 aliphatic heterocycles. The third-order valence-electron chi connectivity index (χ3n) is 1.71. The average Bonchev–Trinajstić information content (AvgIpc) is 2.08. The number of ether oxygens (including phenoxy) is 1. The molecule has 0 fully saturated rings. The molecule has 1 aromatic rings. The fraction of sp³-hybridized carbons (Fsp3) is 0.333. The molecule has 1 rings (SSSR count). The van der Waals surface area contributed by atoms with Crippen molar-refractivity contribution in [3.05, 3.63) is 23.8 Å². The van der Waals surface area contributed by atoms with E-state index in [1.165, 1.54) is 6.07 Å². The number of nitrogens with two attached hydrogens (primary N) is 1. The fourth-order valence-electron chi connectivity index (χ4n) is 1.12. The van der Waals surface area contributed by atoms with Gasteiger partial charge in [0.2, 0.25) is 0 Å². The highest BCUT2D eigenvalue weighted by atomic mass is 19.3. The molecule has 0 aromatic heterocycles. The van der Waals surface area contributed by atoms with Crippen molar-refractivity contribution >= 4 is 5.69 Å². The van der Waals surface area contributed by atoms with Gasteiger partial charge in [0.05, 0.1) is 5.69 Å². The Morgan fingerprint density at radius 2 is 2.15 bits per heavy atom. The van der Waals surface area contributed by atoms with Gasteiger partial charge in [0.25, 0.3) is 0 Å². The Morgan fingerprint density at radius 3 is 2.69 bits per heavy atom. The average molecular weight is 187 g/mol. The summed E-state index contributed by atoms with van der Waals surface area (Å²) in [5.74, 6) is 0.0972. The largest absolute Gasteiger partial charge is 0.432 e. The first-order valence-corrected chi connectivity index (χ1v) is 3.97. The summed E-state index contributed by atoms with van der Waals surface area (Å²) < 4.78 is 28.2. The molecule has 2 nitrogen and oxygen atoms in total. The molecule has 0 heterocycles. The second-order valence-corrected chi connectivity index (χ2v) is 2.57. The van der Waals surface area contributed by atoms with Gasteiger partial charge in [-0.3, -0.25) is 0 Å². The van der Waals surface area contributed by atoms with Crippen LogP contribution >= 0.6 is 0 Å². The summed E-state index contributed by atoms with van der Waals surface area (Å²) in [4.78, 5) is 0. The molecule has 0 aliphatic carbocycles. The van der Waals surface area contributed by atoms with Crippen LogP contribution in [0.2, 0.25) is 0 Å². The maximum Gasteiger partial charge on any atom is 0.387 e. The Labute approximate surface area is 75.3 Å². The van der Waals surface area contributed by atoms with Crippen LogP contribution in [0, 0.1) is 0 Å². The quantitative estimate of drug-likeness (QED) is 0.737. The minimum absolute atomic E-state index is 0.0972. The number of hydrogen-bond donors (Lipinski definition) is 1. The molecule has 0 spiro atoms. The number of alkyl halides is 2. The fourth-order valence-corrected chi connectivity index (χ4v) is 1.12. The van der Waals surface area contributed by atoms with E-state index in [4.69, 9.17) is 5.73 Å². The van der Waals surface area contributed by atoms with Crippen molar-refractivity contribution < 1.29 is 13.5 Å². The Morgan fingerprint density at radius 1 is 1.46 bits per heavy atom. The first-order valence-electron chi connectivity index (χ1n) is 3.97. The lowest BCUT2D eigenvalue weighted by Gasteiger charge is -2.11. The molecule has 0 radical (unpaired) electrons. The second kappa shape index (κ2) is 4.07. The zero-order chi connectivity index (χ0) is 9.84. The van der Waals surface area contributed by atoms with Gasteiger partial charge in [-0.05, 0) is 18.1 Å². The molecule has 72 valence electrons. The molecule has 0 bridgehead atoms. The summed E-state index contributed by atoms with van der Waals surface area (Å²) in [6.45, 7) is -0.970. The van der Waals surface area contributed by atoms with Crippen LogP contribution in [0.1, 0.15) is 12.5 Å². The van der Waals surface area contributed by atoms with Crippen LogP contribution in [0.3, 0.4) is 0 Å². The van der Waals surface area contributed by atoms with E-state index in [0.717, 1.165) is 0 Å². The van der Waals surface area contributed by atoms with Gasteiger partial charge in [-0.25, -0.2) is 0 Å². The number of anilines is 1. The van der Waals surface area contributed by atoms with Crippen LogP contribution in [0.5, 0.6) is 5.75 Å². The number of rotatable bonds is 3. The van der Waals surface area contributed by atoms with E-state index < -0.39 is 6.61 Å². The Kier molecular flexibility index (Phi) is 3.06. The molecule has 0 aliphatic rings. The second-order valence-electron chi connectivity index (χ2n) is 2.57. The molecular formula is C9H11F2NO. The van der Waals surface area contributed by atoms with Crippen LogP contribution in [0.25, 0.3) is 0 Å². The van der Waals surface area contributed by atoms with Gasteiger partial charge >= 0.3 is 6.61 Å². The summed E-state index contributed by atoms with van der Waals surface area (Å²) in [7, 11) is 0. The number of nitrogen functional groups attached to an aromatic ring is 1. The minimum Gasteiger partial charge on any atom is -0.432 e. The van der Waals surface area contributed by atoms with Crippen molar-refractivity contribution in [2.24, 2.45) is 0 Å². The van der Waals surface area contributed by atoms with Crippen LogP contribution in [-0.2, 0) is 6.42 Å². The predicted octanol–water partition coefficient (Wildman–Crippen LogP) is 2.43. The third-order valence-corrected chi connectivity index (χ3v) is 1.71. The smallest absolute Gasteiger partial charge is 0.387 e. The lowest BCUT2D eigenvalue weighted by molar-refractivity contribution is -0.0498. The standard InChI is InChI=1S/C9H11F2NO/c1-2-6-4-3-5-7(12)8(6)13-9(10)11/h3-5,9H,2,12H2,1H3. The zero-order valence-corrected chi connectivity index (χ0v) is 7.26. The van der Waals surface area contributed by atoms with Gasteiger partial charge in [0, 0.05) is 0 Å². The molecule has 4 heteroatoms. The van der Waals surface area contributed by atoms with Gasteiger partial charge in [0.15, 0.2) is 5.75 Å². The van der Waals surface area contributed by atoms with E-state index in [1.54, 1.807) is 12.1 Å². The van der Waals surface area contributed by atoms with Gasteiger partial charge in [-0.2, -0.15) is 8.78 Å². The summed E-state index contributed by atoms with van der Waals surface area (Å²) >= 11 is 0. The van der Waals surface area contributed by atoms with E-state index in [2.05, 4.69) is 4.74 Å². The molecule has 0 unspecified atom stereocenters. The highest BCUT2D eigenvalue weighted by molar-refractivity contribution is 5.56. The van der Waals surface area contributed by atoms with E-state index in [1.807, 2.05) is 6.92 Å². The topological polar surface area (TPSA) is 35.2 Å². The number of halogens is 2. The predicted molar refractivity (Wildman–Crippen MR) is 46.9 cm³/mol. The van der Waals surface area contributed by atoms with Crippen molar-refractivity contribution in [2.45, 2.75) is 20.0 Å². The lowest BCUT2D eigenvalue weighted by Crippen LogP contribution is -2.06. The lowest BCUT2D eigenvalue weighted by atomic mass is 10.1. The van der Waals surface area contributed by atoms with Gasteiger partial charge in [-0.1, -0.05) is 19.1 Å². The van der Waals surface area contributed by atoms with Crippen molar-refractivity contribution in [1.82, 2.24) is 0 Å². The molecular weight excluding hydrogens is 176 g/mol. The molecule has 0 amide bonds. The van der Waals surface area contributed by atoms with Crippen molar-refractivity contribution in [3.63, 3.8) is 0 Å². The monoisotopic (exact) mass is 187 g/mol. The summed E-state index contributed by atoms with van der Waals surface area (Å²) in [5.41, 5.74) is 6.43. The van der Waals surface area contributed by atoms with E-state index in [-0.39, 0.29) is 11.4 Å². The van der Waals surface area contributed by atoms with Crippen LogP contribution in [0.4, 0.5) is 14.5 Å². The first-order chi connectivity index (χ1) is 6.15. The van der Waals surface area contributed by atoms with E-state index in [9.17, 15) is 8.78 Å². The summed E-state index contributed by atoms with van der Waals surface area (Å²) in [6, 6.07) is 4.97. The molecule has 1 aromatic carbocycles.